The standard InChI is InChI=1S/C12H8F5NO4S/c1-23(21,22)9-3-6(4-10(19)20)8(2-7(9)5-18)11(13,14)12(15,16)17/h2-3H,4H2,1H3,(H,19,20). The van der Waals surface area contributed by atoms with E-state index in [-0.39, 0.29) is 6.07 Å². The topological polar surface area (TPSA) is 95.2 Å². The molecule has 0 unspecified atom stereocenters. The number of rotatable bonds is 4. The molecule has 0 aromatic heterocycles. The van der Waals surface area contributed by atoms with Gasteiger partial charge >= 0.3 is 18.1 Å². The maximum atomic E-state index is 13.5. The molecule has 0 aliphatic rings. The fraction of sp³-hybridized carbons (Fsp3) is 0.333. The van der Waals surface area contributed by atoms with E-state index in [1.54, 1.807) is 0 Å². The van der Waals surface area contributed by atoms with E-state index in [9.17, 15) is 35.2 Å². The largest absolute Gasteiger partial charge is 0.481 e. The number of halogens is 5. The summed E-state index contributed by atoms with van der Waals surface area (Å²) >= 11 is 0. The number of nitrogens with zero attached hydrogens (tertiary/aromatic N) is 1. The minimum atomic E-state index is -6.04. The molecule has 1 rings (SSSR count). The van der Waals surface area contributed by atoms with Crippen LogP contribution in [0.1, 0.15) is 16.7 Å². The molecular formula is C12H8F5NO4S. The molecule has 0 atom stereocenters. The smallest absolute Gasteiger partial charge is 0.458 e. The van der Waals surface area contributed by atoms with Crippen LogP contribution < -0.4 is 0 Å². The van der Waals surface area contributed by atoms with Crippen LogP contribution in [-0.2, 0) is 27.0 Å². The molecule has 1 N–H and O–H groups in total. The fourth-order valence-electron chi connectivity index (χ4n) is 1.77. The van der Waals surface area contributed by atoms with Gasteiger partial charge in [0.1, 0.15) is 6.07 Å². The lowest BCUT2D eigenvalue weighted by Crippen LogP contribution is -2.35. The zero-order chi connectivity index (χ0) is 18.2. The Morgan fingerprint density at radius 2 is 1.78 bits per heavy atom. The van der Waals surface area contributed by atoms with Gasteiger partial charge in [0.05, 0.1) is 16.9 Å². The molecule has 0 saturated heterocycles. The van der Waals surface area contributed by atoms with Gasteiger partial charge in [-0.05, 0) is 17.7 Å². The van der Waals surface area contributed by atoms with E-state index >= 15 is 0 Å². The van der Waals surface area contributed by atoms with Crippen LogP contribution >= 0.6 is 0 Å². The van der Waals surface area contributed by atoms with Crippen LogP contribution in [0.5, 0.6) is 0 Å². The van der Waals surface area contributed by atoms with E-state index in [1.165, 1.54) is 6.07 Å². The van der Waals surface area contributed by atoms with Gasteiger partial charge in [-0.3, -0.25) is 4.79 Å². The lowest BCUT2D eigenvalue weighted by Gasteiger charge is -2.23. The SMILES string of the molecule is CS(=O)(=O)c1cc(CC(=O)O)c(C(F)(F)C(F)(F)F)cc1C#N. The molecule has 5 nitrogen and oxygen atoms in total. The highest BCUT2D eigenvalue weighted by molar-refractivity contribution is 7.90. The Bertz CT molecular complexity index is 793. The Balaban J connectivity index is 3.84. The van der Waals surface area contributed by atoms with Crippen LogP contribution in [0.15, 0.2) is 17.0 Å². The van der Waals surface area contributed by atoms with Crippen molar-refractivity contribution in [1.82, 2.24) is 0 Å². The number of carbonyl (C=O) groups is 1. The number of alkyl halides is 5. The maximum absolute atomic E-state index is 13.5. The summed E-state index contributed by atoms with van der Waals surface area (Å²) < 4.78 is 87.6. The van der Waals surface area contributed by atoms with Gasteiger partial charge < -0.3 is 5.11 Å². The molecule has 126 valence electrons. The van der Waals surface area contributed by atoms with Crippen molar-refractivity contribution in [2.75, 3.05) is 6.26 Å². The van der Waals surface area contributed by atoms with Crippen molar-refractivity contribution in [3.63, 3.8) is 0 Å². The van der Waals surface area contributed by atoms with Gasteiger partial charge in [0, 0.05) is 11.8 Å². The molecule has 1 aromatic rings. The Hall–Kier alpha value is -2.22. The zero-order valence-corrected chi connectivity index (χ0v) is 12.1. The molecule has 0 fully saturated rings. The van der Waals surface area contributed by atoms with Crippen molar-refractivity contribution >= 4 is 15.8 Å². The second kappa shape index (κ2) is 5.77. The van der Waals surface area contributed by atoms with E-state index in [0.29, 0.717) is 12.3 Å². The Morgan fingerprint density at radius 1 is 1.26 bits per heavy atom. The Kier molecular flexibility index (Phi) is 4.72. The number of hydrogen-bond donors (Lipinski definition) is 1. The molecule has 0 bridgehead atoms. The highest BCUT2D eigenvalue weighted by atomic mass is 32.2. The van der Waals surface area contributed by atoms with E-state index in [2.05, 4.69) is 0 Å². The second-order valence-electron chi connectivity index (χ2n) is 4.53. The summed E-state index contributed by atoms with van der Waals surface area (Å²) in [5.41, 5.74) is -3.74. The zero-order valence-electron chi connectivity index (χ0n) is 11.3. The van der Waals surface area contributed by atoms with E-state index < -0.39 is 55.9 Å². The van der Waals surface area contributed by atoms with Gasteiger partial charge in [-0.2, -0.15) is 27.2 Å². The van der Waals surface area contributed by atoms with Gasteiger partial charge in [-0.25, -0.2) is 8.42 Å². The third-order valence-electron chi connectivity index (χ3n) is 2.76. The van der Waals surface area contributed by atoms with Crippen molar-refractivity contribution < 1.29 is 40.3 Å². The number of aliphatic carboxylic acids is 1. The molecule has 1 aromatic carbocycles. The van der Waals surface area contributed by atoms with E-state index in [0.717, 1.165) is 0 Å². The van der Waals surface area contributed by atoms with Crippen LogP contribution in [0, 0.1) is 11.3 Å². The van der Waals surface area contributed by atoms with Gasteiger partial charge in [0.25, 0.3) is 0 Å². The lowest BCUT2D eigenvalue weighted by atomic mass is 9.96. The highest BCUT2D eigenvalue weighted by Crippen LogP contribution is 2.46. The normalized spacial score (nSPS) is 12.7. The first-order valence-electron chi connectivity index (χ1n) is 5.65. The number of carboxylic acids is 1. The number of nitriles is 1. The van der Waals surface area contributed by atoms with Crippen molar-refractivity contribution in [2.45, 2.75) is 23.4 Å². The number of carboxylic acid groups (broad SMARTS) is 1. The van der Waals surface area contributed by atoms with Crippen molar-refractivity contribution in [1.29, 1.82) is 5.26 Å². The average molecular weight is 357 g/mol. The predicted octanol–water partition coefficient (Wildman–Crippen LogP) is 2.24. The van der Waals surface area contributed by atoms with Crippen LogP contribution in [0.4, 0.5) is 22.0 Å². The molecule has 23 heavy (non-hydrogen) atoms. The lowest BCUT2D eigenvalue weighted by molar-refractivity contribution is -0.289. The first kappa shape index (κ1) is 18.8. The van der Waals surface area contributed by atoms with Crippen molar-refractivity contribution in [2.24, 2.45) is 0 Å². The van der Waals surface area contributed by atoms with E-state index in [1.807, 2.05) is 0 Å². The molecule has 11 heteroatoms. The maximum Gasteiger partial charge on any atom is 0.458 e. The predicted molar refractivity (Wildman–Crippen MR) is 65.6 cm³/mol. The number of benzene rings is 1. The molecule has 0 aliphatic carbocycles. The average Bonchev–Trinajstić information content (AvgIpc) is 2.34. The van der Waals surface area contributed by atoms with Crippen LogP contribution in [0.2, 0.25) is 0 Å². The summed E-state index contributed by atoms with van der Waals surface area (Å²) in [7, 11) is -4.14. The molecule has 0 spiro atoms. The summed E-state index contributed by atoms with van der Waals surface area (Å²) in [5.74, 6) is -7.19. The summed E-state index contributed by atoms with van der Waals surface area (Å²) in [6.45, 7) is 0. The molecular weight excluding hydrogens is 349 g/mol. The van der Waals surface area contributed by atoms with Gasteiger partial charge in [0.2, 0.25) is 0 Å². The third-order valence-corrected chi connectivity index (χ3v) is 3.90. The third kappa shape index (κ3) is 3.76. The van der Waals surface area contributed by atoms with Crippen molar-refractivity contribution in [3.05, 3.63) is 28.8 Å². The van der Waals surface area contributed by atoms with Crippen LogP contribution in [-0.4, -0.2) is 31.9 Å². The summed E-state index contributed by atoms with van der Waals surface area (Å²) in [5, 5.41) is 17.4. The van der Waals surface area contributed by atoms with Gasteiger partial charge in [-0.15, -0.1) is 0 Å². The highest BCUT2D eigenvalue weighted by Gasteiger charge is 2.59. The quantitative estimate of drug-likeness (QED) is 0.834. The Morgan fingerprint density at radius 3 is 2.13 bits per heavy atom. The summed E-state index contributed by atoms with van der Waals surface area (Å²) in [6.07, 6.45) is -6.70. The monoisotopic (exact) mass is 357 g/mol. The summed E-state index contributed by atoms with van der Waals surface area (Å²) in [6, 6.07) is 1.64. The molecule has 0 heterocycles. The minimum Gasteiger partial charge on any atom is -0.481 e. The number of hydrogen-bond acceptors (Lipinski definition) is 4. The molecule has 0 saturated carbocycles. The molecule has 0 radical (unpaired) electrons. The van der Waals surface area contributed by atoms with Crippen LogP contribution in [0.3, 0.4) is 0 Å². The van der Waals surface area contributed by atoms with E-state index in [4.69, 9.17) is 10.4 Å². The Labute approximate surface area is 126 Å². The number of sulfone groups is 1. The van der Waals surface area contributed by atoms with Crippen molar-refractivity contribution in [3.8, 4) is 6.07 Å². The molecule has 0 amide bonds. The minimum absolute atomic E-state index is 0.0577. The summed E-state index contributed by atoms with van der Waals surface area (Å²) in [4.78, 5) is 9.85. The first-order chi connectivity index (χ1) is 10.2. The fourth-order valence-corrected chi connectivity index (χ4v) is 2.63. The van der Waals surface area contributed by atoms with Gasteiger partial charge in [0.15, 0.2) is 9.84 Å². The molecule has 0 aliphatic heterocycles. The second-order valence-corrected chi connectivity index (χ2v) is 6.52. The van der Waals surface area contributed by atoms with Gasteiger partial charge in [-0.1, -0.05) is 0 Å². The first-order valence-corrected chi connectivity index (χ1v) is 7.55. The van der Waals surface area contributed by atoms with Crippen LogP contribution in [0.25, 0.3) is 0 Å².